The highest BCUT2D eigenvalue weighted by Gasteiger charge is 2.23. The molecule has 0 unspecified atom stereocenters. The highest BCUT2D eigenvalue weighted by Crippen LogP contribution is 2.28. The van der Waals surface area contributed by atoms with Crippen LogP contribution in [0.2, 0.25) is 0 Å². The Labute approximate surface area is 129 Å². The van der Waals surface area contributed by atoms with Crippen LogP contribution in [-0.4, -0.2) is 28.9 Å². The highest BCUT2D eigenvalue weighted by atomic mass is 32.2. The zero-order chi connectivity index (χ0) is 15.2. The van der Waals surface area contributed by atoms with E-state index >= 15 is 0 Å². The molecule has 1 fully saturated rings. The van der Waals surface area contributed by atoms with Gasteiger partial charge >= 0.3 is 0 Å². The Bertz CT molecular complexity index is 500. The minimum absolute atomic E-state index is 0.0711. The molecule has 0 aliphatic heterocycles. The number of nitrogens with two attached hydrogens (primary N) is 1. The molecule has 2 rings (SSSR count). The van der Waals surface area contributed by atoms with E-state index in [2.05, 4.69) is 12.2 Å². The first-order chi connectivity index (χ1) is 10.1. The summed E-state index contributed by atoms with van der Waals surface area (Å²) in [5.41, 5.74) is 6.19. The number of carbonyl (C=O) groups is 2. The molecule has 3 N–H and O–H groups in total. The van der Waals surface area contributed by atoms with Crippen LogP contribution in [0.3, 0.4) is 0 Å². The summed E-state index contributed by atoms with van der Waals surface area (Å²) in [6, 6.07) is 6.74. The second-order valence-corrected chi connectivity index (χ2v) is 6.93. The smallest absolute Gasteiger partial charge is 0.251 e. The maximum Gasteiger partial charge on any atom is 0.251 e. The Morgan fingerprint density at radius 2 is 1.90 bits per heavy atom. The average molecular weight is 306 g/mol. The lowest BCUT2D eigenvalue weighted by Gasteiger charge is -2.29. The Balaban J connectivity index is 1.92. The number of carbonyl (C=O) groups excluding carboxylic acids is 2. The number of rotatable bonds is 5. The second-order valence-electron chi connectivity index (χ2n) is 5.36. The third kappa shape index (κ3) is 4.49. The van der Waals surface area contributed by atoms with Gasteiger partial charge in [0, 0.05) is 22.4 Å². The summed E-state index contributed by atoms with van der Waals surface area (Å²) in [6.07, 6.45) is 4.51. The van der Waals surface area contributed by atoms with Crippen molar-refractivity contribution in [2.45, 2.75) is 43.9 Å². The molecule has 1 aliphatic rings. The largest absolute Gasteiger partial charge is 0.366 e. The molecule has 0 heterocycles. The van der Waals surface area contributed by atoms with Crippen LogP contribution < -0.4 is 11.1 Å². The van der Waals surface area contributed by atoms with Crippen molar-refractivity contribution in [3.05, 3.63) is 35.4 Å². The van der Waals surface area contributed by atoms with Gasteiger partial charge in [0.1, 0.15) is 0 Å². The Hall–Kier alpha value is -1.49. The van der Waals surface area contributed by atoms with Gasteiger partial charge in [-0.15, -0.1) is 0 Å². The van der Waals surface area contributed by atoms with Crippen molar-refractivity contribution in [3.8, 4) is 0 Å². The third-order valence-electron chi connectivity index (χ3n) is 3.80. The lowest BCUT2D eigenvalue weighted by molar-refractivity contribution is 0.0926. The predicted molar refractivity (Wildman–Crippen MR) is 86.6 cm³/mol. The molecule has 5 heteroatoms. The van der Waals surface area contributed by atoms with E-state index in [9.17, 15) is 9.59 Å². The van der Waals surface area contributed by atoms with Gasteiger partial charge in [0.2, 0.25) is 5.91 Å². The van der Waals surface area contributed by atoms with Crippen molar-refractivity contribution >= 4 is 23.6 Å². The van der Waals surface area contributed by atoms with Crippen LogP contribution in [0.4, 0.5) is 0 Å². The summed E-state index contributed by atoms with van der Waals surface area (Å²) in [7, 11) is 0. The van der Waals surface area contributed by atoms with Crippen LogP contribution in [-0.2, 0) is 0 Å². The summed E-state index contributed by atoms with van der Waals surface area (Å²) < 4.78 is 0. The second kappa shape index (κ2) is 7.50. The van der Waals surface area contributed by atoms with Crippen LogP contribution in [0.15, 0.2) is 24.3 Å². The molecule has 0 spiro atoms. The molecule has 0 radical (unpaired) electrons. The minimum Gasteiger partial charge on any atom is -0.366 e. The van der Waals surface area contributed by atoms with Crippen LogP contribution in [0.5, 0.6) is 0 Å². The molecule has 2 atom stereocenters. The van der Waals surface area contributed by atoms with Crippen LogP contribution in [0.25, 0.3) is 0 Å². The monoisotopic (exact) mass is 306 g/mol. The molecule has 1 aromatic rings. The van der Waals surface area contributed by atoms with Crippen molar-refractivity contribution in [2.24, 2.45) is 5.73 Å². The number of amides is 2. The Kier molecular flexibility index (Phi) is 5.67. The summed E-state index contributed by atoms with van der Waals surface area (Å²) in [5.74, 6) is 0.576. The van der Waals surface area contributed by atoms with Gasteiger partial charge in [0.15, 0.2) is 0 Å². The van der Waals surface area contributed by atoms with Gasteiger partial charge in [-0.3, -0.25) is 9.59 Å². The minimum atomic E-state index is -0.478. The first-order valence-electron chi connectivity index (χ1n) is 7.42. The molecule has 114 valence electrons. The van der Waals surface area contributed by atoms with Crippen LogP contribution in [0, 0.1) is 0 Å². The molecule has 0 aromatic heterocycles. The third-order valence-corrected chi connectivity index (χ3v) is 5.03. The summed E-state index contributed by atoms with van der Waals surface area (Å²) in [4.78, 5) is 23.2. The van der Waals surface area contributed by atoms with Gasteiger partial charge < -0.3 is 11.1 Å². The van der Waals surface area contributed by atoms with E-state index in [0.717, 1.165) is 18.6 Å². The van der Waals surface area contributed by atoms with Crippen molar-refractivity contribution in [1.82, 2.24) is 5.32 Å². The van der Waals surface area contributed by atoms with E-state index in [1.807, 2.05) is 11.8 Å². The van der Waals surface area contributed by atoms with Crippen molar-refractivity contribution in [3.63, 3.8) is 0 Å². The molecule has 0 bridgehead atoms. The van der Waals surface area contributed by atoms with Crippen molar-refractivity contribution in [2.75, 3.05) is 5.75 Å². The first kappa shape index (κ1) is 15.9. The normalized spacial score (nSPS) is 21.8. The number of primary amides is 1. The van der Waals surface area contributed by atoms with E-state index in [1.54, 1.807) is 24.3 Å². The van der Waals surface area contributed by atoms with Gasteiger partial charge in [0.25, 0.3) is 5.91 Å². The fourth-order valence-electron chi connectivity index (χ4n) is 2.72. The van der Waals surface area contributed by atoms with Gasteiger partial charge in [-0.05, 0) is 49.3 Å². The van der Waals surface area contributed by atoms with E-state index in [4.69, 9.17) is 5.73 Å². The predicted octanol–water partition coefficient (Wildman–Crippen LogP) is 2.58. The van der Waals surface area contributed by atoms with E-state index < -0.39 is 5.91 Å². The molecular formula is C16H22N2O2S. The lowest BCUT2D eigenvalue weighted by atomic mass is 9.94. The van der Waals surface area contributed by atoms with E-state index in [-0.39, 0.29) is 11.9 Å². The average Bonchev–Trinajstić information content (AvgIpc) is 2.48. The van der Waals surface area contributed by atoms with Crippen molar-refractivity contribution in [1.29, 1.82) is 0 Å². The van der Waals surface area contributed by atoms with Gasteiger partial charge in [-0.1, -0.05) is 13.3 Å². The highest BCUT2D eigenvalue weighted by molar-refractivity contribution is 7.99. The summed E-state index contributed by atoms with van der Waals surface area (Å²) in [6.45, 7) is 2.17. The number of thioether (sulfide) groups is 1. The maximum absolute atomic E-state index is 12.2. The Morgan fingerprint density at radius 1 is 1.24 bits per heavy atom. The molecule has 4 nitrogen and oxygen atoms in total. The standard InChI is InChI=1S/C16H22N2O2S/c1-2-21-14-5-3-4-13(10-14)18-16(20)12-8-6-11(7-9-12)15(17)19/h6-9,13-14H,2-5,10H2,1H3,(H2,17,19)(H,18,20)/t13-,14+/m0/s1. The first-order valence-corrected chi connectivity index (χ1v) is 8.47. The van der Waals surface area contributed by atoms with E-state index in [0.29, 0.717) is 16.4 Å². The molecule has 2 amide bonds. The zero-order valence-corrected chi connectivity index (χ0v) is 13.1. The van der Waals surface area contributed by atoms with E-state index in [1.165, 1.54) is 12.8 Å². The molecule has 1 saturated carbocycles. The SMILES string of the molecule is CCS[C@@H]1CCC[C@H](NC(=O)c2ccc(C(N)=O)cc2)C1. The number of benzene rings is 1. The fourth-order valence-corrected chi connectivity index (χ4v) is 3.89. The maximum atomic E-state index is 12.2. The van der Waals surface area contributed by atoms with Crippen LogP contribution >= 0.6 is 11.8 Å². The lowest BCUT2D eigenvalue weighted by Crippen LogP contribution is -2.39. The Morgan fingerprint density at radius 3 is 2.52 bits per heavy atom. The topological polar surface area (TPSA) is 72.2 Å². The molecule has 1 aromatic carbocycles. The molecule has 1 aliphatic carbocycles. The number of hydrogen-bond donors (Lipinski definition) is 2. The molecule has 0 saturated heterocycles. The summed E-state index contributed by atoms with van der Waals surface area (Å²) >= 11 is 1.98. The zero-order valence-electron chi connectivity index (χ0n) is 12.3. The fraction of sp³-hybridized carbons (Fsp3) is 0.500. The van der Waals surface area contributed by atoms with Crippen LogP contribution in [0.1, 0.15) is 53.3 Å². The number of nitrogens with one attached hydrogen (secondary N) is 1. The van der Waals surface area contributed by atoms with Gasteiger partial charge in [-0.25, -0.2) is 0 Å². The van der Waals surface area contributed by atoms with Crippen molar-refractivity contribution < 1.29 is 9.59 Å². The van der Waals surface area contributed by atoms with Gasteiger partial charge in [-0.2, -0.15) is 11.8 Å². The number of hydrogen-bond acceptors (Lipinski definition) is 3. The summed E-state index contributed by atoms with van der Waals surface area (Å²) in [5, 5.41) is 3.76. The molecular weight excluding hydrogens is 284 g/mol. The quantitative estimate of drug-likeness (QED) is 0.878. The van der Waals surface area contributed by atoms with Gasteiger partial charge in [0.05, 0.1) is 0 Å². The molecule has 21 heavy (non-hydrogen) atoms.